The van der Waals surface area contributed by atoms with Crippen molar-refractivity contribution in [2.75, 3.05) is 4.72 Å². The first-order valence-corrected chi connectivity index (χ1v) is 13.7. The van der Waals surface area contributed by atoms with Crippen molar-refractivity contribution in [2.24, 2.45) is 0 Å². The fourth-order valence-corrected chi connectivity index (χ4v) is 3.68. The fourth-order valence-electron chi connectivity index (χ4n) is 2.60. The summed E-state index contributed by atoms with van der Waals surface area (Å²) in [5, 5.41) is 11.9. The van der Waals surface area contributed by atoms with Crippen LogP contribution in [-0.4, -0.2) is 14.2 Å². The molecule has 0 fully saturated rings. The van der Waals surface area contributed by atoms with E-state index < -0.39 is 15.8 Å². The van der Waals surface area contributed by atoms with E-state index in [9.17, 15) is 18.4 Å². The molecule has 3 rings (SSSR count). The molecule has 7 heteroatoms. The van der Waals surface area contributed by atoms with Crippen molar-refractivity contribution in [3.63, 3.8) is 0 Å². The van der Waals surface area contributed by atoms with Gasteiger partial charge in [0, 0.05) is 12.1 Å². The van der Waals surface area contributed by atoms with Gasteiger partial charge >= 0.3 is 0 Å². The van der Waals surface area contributed by atoms with Crippen molar-refractivity contribution >= 4 is 21.5 Å². The monoisotopic (exact) mass is 502 g/mol. The highest BCUT2D eigenvalue weighted by Gasteiger charge is 2.23. The Morgan fingerprint density at radius 1 is 0.771 bits per heavy atom. The molecule has 0 unspecified atom stereocenters. The van der Waals surface area contributed by atoms with Gasteiger partial charge in [-0.05, 0) is 44.2 Å². The van der Waals surface area contributed by atoms with Crippen LogP contribution in [0.15, 0.2) is 71.8 Å². The maximum absolute atomic E-state index is 12.9. The normalized spacial score (nSPS) is 9.31. The zero-order chi connectivity index (χ0) is 27.6. The van der Waals surface area contributed by atoms with Crippen LogP contribution in [0.4, 0.5) is 5.69 Å². The lowest BCUT2D eigenvalue weighted by Gasteiger charge is -2.13. The topological polar surface area (TPSA) is 90.2 Å². The van der Waals surface area contributed by atoms with Gasteiger partial charge in [0.05, 0.1) is 16.1 Å². The summed E-state index contributed by atoms with van der Waals surface area (Å²) in [7, 11) is -3.88. The van der Waals surface area contributed by atoms with E-state index in [1.54, 1.807) is 37.3 Å². The Bertz CT molecular complexity index is 1110. The molecule has 3 aromatic rings. The van der Waals surface area contributed by atoms with Crippen LogP contribution >= 0.6 is 0 Å². The Labute approximate surface area is 212 Å². The van der Waals surface area contributed by atoms with Crippen LogP contribution in [0.5, 0.6) is 0 Å². The number of anilines is 1. The molecular formula is C28H42N2O4S. The highest BCUT2D eigenvalue weighted by atomic mass is 32.2. The molecule has 0 spiro atoms. The summed E-state index contributed by atoms with van der Waals surface area (Å²) in [5.41, 5.74) is 1.85. The van der Waals surface area contributed by atoms with E-state index in [0.29, 0.717) is 4.73 Å². The minimum atomic E-state index is -3.88. The Kier molecular flexibility index (Phi) is 17.6. The summed E-state index contributed by atoms with van der Waals surface area (Å²) < 4.78 is 28.3. The predicted octanol–water partition coefficient (Wildman–Crippen LogP) is 7.07. The molecule has 0 aliphatic heterocycles. The summed E-state index contributed by atoms with van der Waals surface area (Å²) >= 11 is 0. The standard InChI is InChI=1S/C20H18N2O4S.4C2H6/c1-14-6-9-16(10-7-14)27(25,26)21-18-11-8-15(2)13-17(18)20(23)19-5-3-4-12-22(19)24;4*1-2/h3-13,21H,1-2H3;4*1-2H3. The predicted molar refractivity (Wildman–Crippen MR) is 147 cm³/mol. The molecule has 0 amide bonds. The average molecular weight is 503 g/mol. The molecule has 1 N–H and O–H groups in total. The molecule has 35 heavy (non-hydrogen) atoms. The van der Waals surface area contributed by atoms with Crippen LogP contribution in [0.1, 0.15) is 82.6 Å². The maximum Gasteiger partial charge on any atom is 0.264 e. The Morgan fingerprint density at radius 2 is 1.29 bits per heavy atom. The number of benzene rings is 2. The van der Waals surface area contributed by atoms with Gasteiger partial charge in [0.1, 0.15) is 0 Å². The zero-order valence-corrected chi connectivity index (χ0v) is 23.7. The number of ketones is 1. The van der Waals surface area contributed by atoms with Crippen LogP contribution in [-0.2, 0) is 10.0 Å². The summed E-state index contributed by atoms with van der Waals surface area (Å²) in [6, 6.07) is 15.6. The number of rotatable bonds is 5. The highest BCUT2D eigenvalue weighted by molar-refractivity contribution is 7.92. The van der Waals surface area contributed by atoms with Crippen LogP contribution < -0.4 is 9.45 Å². The maximum atomic E-state index is 12.9. The first-order chi connectivity index (χ1) is 16.8. The second-order valence-electron chi connectivity index (χ2n) is 6.21. The van der Waals surface area contributed by atoms with Crippen LogP contribution in [0, 0.1) is 19.1 Å². The third kappa shape index (κ3) is 10.3. The Balaban J connectivity index is 0. The number of hydrogen-bond acceptors (Lipinski definition) is 4. The number of nitrogens with one attached hydrogen (secondary N) is 1. The molecule has 0 aliphatic carbocycles. The van der Waals surface area contributed by atoms with Crippen molar-refractivity contribution in [1.82, 2.24) is 0 Å². The van der Waals surface area contributed by atoms with Gasteiger partial charge in [-0.25, -0.2) is 8.42 Å². The number of aryl methyl sites for hydroxylation is 2. The molecule has 1 heterocycles. The molecule has 0 saturated heterocycles. The molecule has 0 bridgehead atoms. The van der Waals surface area contributed by atoms with Crippen LogP contribution in [0.25, 0.3) is 0 Å². The molecule has 0 atom stereocenters. The van der Waals surface area contributed by atoms with E-state index in [2.05, 4.69) is 4.72 Å². The molecule has 0 aliphatic rings. The van der Waals surface area contributed by atoms with E-state index in [4.69, 9.17) is 0 Å². The largest absolute Gasteiger partial charge is 0.618 e. The van der Waals surface area contributed by atoms with E-state index in [-0.39, 0.29) is 21.8 Å². The molecular weight excluding hydrogens is 460 g/mol. The van der Waals surface area contributed by atoms with Crippen molar-refractivity contribution < 1.29 is 17.9 Å². The average Bonchev–Trinajstić information content (AvgIpc) is 2.90. The van der Waals surface area contributed by atoms with Gasteiger partial charge < -0.3 is 5.21 Å². The first-order valence-electron chi connectivity index (χ1n) is 12.2. The number of sulfonamides is 1. The van der Waals surface area contributed by atoms with Crippen LogP contribution in [0.2, 0.25) is 0 Å². The minimum absolute atomic E-state index is 0.0844. The summed E-state index contributed by atoms with van der Waals surface area (Å²) in [4.78, 5) is 12.9. The summed E-state index contributed by atoms with van der Waals surface area (Å²) in [6.07, 6.45) is 1.22. The van der Waals surface area contributed by atoms with Gasteiger partial charge in [-0.15, -0.1) is 0 Å². The zero-order valence-electron chi connectivity index (χ0n) is 22.8. The molecule has 6 nitrogen and oxygen atoms in total. The summed E-state index contributed by atoms with van der Waals surface area (Å²) in [5.74, 6) is -0.559. The summed E-state index contributed by atoms with van der Waals surface area (Å²) in [6.45, 7) is 19.6. The quantitative estimate of drug-likeness (QED) is 0.229. The van der Waals surface area contributed by atoms with Crippen molar-refractivity contribution in [1.29, 1.82) is 0 Å². The first kappa shape index (κ1) is 34.0. The second-order valence-corrected chi connectivity index (χ2v) is 7.89. The SMILES string of the molecule is CC.CC.CC.CC.Cc1ccc(S(=O)(=O)Nc2ccc(C)cc2C(=O)c2cccc[n+]2[O-])cc1. The van der Waals surface area contributed by atoms with Gasteiger partial charge in [-0.2, -0.15) is 4.73 Å². The lowest BCUT2D eigenvalue weighted by atomic mass is 10.0. The van der Waals surface area contributed by atoms with Crippen molar-refractivity contribution in [2.45, 2.75) is 74.1 Å². The van der Waals surface area contributed by atoms with E-state index in [1.165, 1.54) is 36.5 Å². The minimum Gasteiger partial charge on any atom is -0.618 e. The molecule has 0 radical (unpaired) electrons. The van der Waals surface area contributed by atoms with E-state index in [1.807, 2.05) is 62.3 Å². The fraction of sp³-hybridized carbons (Fsp3) is 0.357. The highest BCUT2D eigenvalue weighted by Crippen LogP contribution is 2.23. The Hall–Kier alpha value is -3.19. The number of carbonyl (C=O) groups excluding carboxylic acids is 1. The third-order valence-electron chi connectivity index (χ3n) is 4.05. The third-order valence-corrected chi connectivity index (χ3v) is 5.43. The Morgan fingerprint density at radius 3 is 1.80 bits per heavy atom. The van der Waals surface area contributed by atoms with Crippen molar-refractivity contribution in [3.8, 4) is 0 Å². The smallest absolute Gasteiger partial charge is 0.264 e. The molecule has 2 aromatic carbocycles. The van der Waals surface area contributed by atoms with E-state index >= 15 is 0 Å². The molecule has 1 aromatic heterocycles. The molecule has 0 saturated carbocycles. The number of aromatic nitrogens is 1. The van der Waals surface area contributed by atoms with Gasteiger partial charge in [-0.1, -0.05) is 84.7 Å². The van der Waals surface area contributed by atoms with Gasteiger partial charge in [0.2, 0.25) is 0 Å². The van der Waals surface area contributed by atoms with Crippen molar-refractivity contribution in [3.05, 3.63) is 94.5 Å². The molecule has 194 valence electrons. The lowest BCUT2D eigenvalue weighted by Crippen LogP contribution is -2.34. The van der Waals surface area contributed by atoms with Gasteiger partial charge in [0.15, 0.2) is 6.20 Å². The van der Waals surface area contributed by atoms with E-state index in [0.717, 1.165) is 11.1 Å². The lowest BCUT2D eigenvalue weighted by molar-refractivity contribution is -0.607. The van der Waals surface area contributed by atoms with Crippen LogP contribution in [0.3, 0.4) is 0 Å². The number of hydrogen-bond donors (Lipinski definition) is 1. The number of pyridine rings is 1. The second kappa shape index (κ2) is 18.2. The van der Waals surface area contributed by atoms with Gasteiger partial charge in [-0.3, -0.25) is 9.52 Å². The number of nitrogens with zero attached hydrogens (tertiary/aromatic N) is 1. The number of carbonyl (C=O) groups is 1. The van der Waals surface area contributed by atoms with Gasteiger partial charge in [0.25, 0.3) is 21.5 Å².